The summed E-state index contributed by atoms with van der Waals surface area (Å²) in [5.74, 6) is 1.23. The zero-order valence-corrected chi connectivity index (χ0v) is 16.5. The first-order valence-corrected chi connectivity index (χ1v) is 10.2. The number of aromatic nitrogens is 1. The van der Waals surface area contributed by atoms with Crippen molar-refractivity contribution in [2.24, 2.45) is 5.92 Å². The van der Waals surface area contributed by atoms with E-state index in [0.717, 1.165) is 57.1 Å². The Morgan fingerprint density at radius 1 is 1.14 bits per heavy atom. The highest BCUT2D eigenvalue weighted by Crippen LogP contribution is 2.24. The lowest BCUT2D eigenvalue weighted by Gasteiger charge is -2.38. The Hall–Kier alpha value is -2.60. The molecule has 0 radical (unpaired) electrons. The van der Waals surface area contributed by atoms with E-state index in [0.29, 0.717) is 6.54 Å². The molecule has 1 atom stereocenters. The highest BCUT2D eigenvalue weighted by Gasteiger charge is 2.24. The number of nitrogens with one attached hydrogen (secondary N) is 2. The summed E-state index contributed by atoms with van der Waals surface area (Å²) >= 11 is 0. The van der Waals surface area contributed by atoms with Crippen LogP contribution in [-0.2, 0) is 11.3 Å². The standard InChI is InChI=1S/C22H29N5O/c1-17-5-2-3-7-20(17)26-11-13-27(14-12-26)21-18(6-4-9-24-21)16-25-22(28)19-8-10-23-15-19/h2-7,9,19,23H,8,10-16H2,1H3,(H,25,28)/t19-/m1/s1. The number of hydrogen-bond acceptors (Lipinski definition) is 5. The summed E-state index contributed by atoms with van der Waals surface area (Å²) < 4.78 is 0. The zero-order valence-electron chi connectivity index (χ0n) is 16.5. The van der Waals surface area contributed by atoms with Gasteiger partial charge in [0.05, 0.1) is 5.92 Å². The molecule has 3 heterocycles. The molecular formula is C22H29N5O. The summed E-state index contributed by atoms with van der Waals surface area (Å²) in [5.41, 5.74) is 3.73. The van der Waals surface area contributed by atoms with E-state index in [4.69, 9.17) is 0 Å². The maximum absolute atomic E-state index is 12.3. The molecule has 1 aromatic heterocycles. The predicted octanol–water partition coefficient (Wildman–Crippen LogP) is 1.94. The minimum absolute atomic E-state index is 0.0952. The van der Waals surface area contributed by atoms with Crippen molar-refractivity contribution in [1.29, 1.82) is 0 Å². The minimum Gasteiger partial charge on any atom is -0.368 e. The maximum atomic E-state index is 12.3. The number of nitrogens with zero attached hydrogens (tertiary/aromatic N) is 3. The number of pyridine rings is 1. The molecule has 2 fully saturated rings. The molecule has 0 unspecified atom stereocenters. The van der Waals surface area contributed by atoms with E-state index >= 15 is 0 Å². The summed E-state index contributed by atoms with van der Waals surface area (Å²) in [7, 11) is 0. The number of rotatable bonds is 5. The van der Waals surface area contributed by atoms with Crippen LogP contribution in [0.1, 0.15) is 17.5 Å². The molecule has 2 aromatic rings. The number of carbonyl (C=O) groups is 1. The molecule has 2 saturated heterocycles. The summed E-state index contributed by atoms with van der Waals surface area (Å²) in [6.07, 6.45) is 2.77. The zero-order chi connectivity index (χ0) is 19.3. The Morgan fingerprint density at radius 3 is 2.68 bits per heavy atom. The maximum Gasteiger partial charge on any atom is 0.224 e. The molecule has 0 saturated carbocycles. The average molecular weight is 380 g/mol. The van der Waals surface area contributed by atoms with Crippen molar-refractivity contribution >= 4 is 17.4 Å². The molecule has 2 aliphatic heterocycles. The summed E-state index contributed by atoms with van der Waals surface area (Å²) in [5, 5.41) is 6.36. The van der Waals surface area contributed by atoms with Gasteiger partial charge >= 0.3 is 0 Å². The van der Waals surface area contributed by atoms with Crippen molar-refractivity contribution in [1.82, 2.24) is 15.6 Å². The van der Waals surface area contributed by atoms with Crippen molar-refractivity contribution < 1.29 is 4.79 Å². The van der Waals surface area contributed by atoms with Crippen LogP contribution in [0.5, 0.6) is 0 Å². The number of benzene rings is 1. The third kappa shape index (κ3) is 4.12. The number of hydrogen-bond donors (Lipinski definition) is 2. The smallest absolute Gasteiger partial charge is 0.224 e. The fourth-order valence-electron chi connectivity index (χ4n) is 4.14. The lowest BCUT2D eigenvalue weighted by atomic mass is 10.1. The first kappa shape index (κ1) is 18.7. The second kappa shape index (κ2) is 8.61. The normalized spacial score (nSPS) is 19.7. The van der Waals surface area contributed by atoms with Crippen LogP contribution in [0.15, 0.2) is 42.6 Å². The van der Waals surface area contributed by atoms with Gasteiger partial charge in [-0.15, -0.1) is 0 Å². The van der Waals surface area contributed by atoms with Gasteiger partial charge in [-0.3, -0.25) is 4.79 Å². The summed E-state index contributed by atoms with van der Waals surface area (Å²) in [4.78, 5) is 21.8. The Labute approximate surface area is 166 Å². The van der Waals surface area contributed by atoms with Gasteiger partial charge in [-0.2, -0.15) is 0 Å². The van der Waals surface area contributed by atoms with Crippen molar-refractivity contribution in [3.63, 3.8) is 0 Å². The quantitative estimate of drug-likeness (QED) is 0.832. The van der Waals surface area contributed by atoms with Gasteiger partial charge in [0.1, 0.15) is 5.82 Å². The van der Waals surface area contributed by atoms with Crippen LogP contribution in [-0.4, -0.2) is 50.2 Å². The highest BCUT2D eigenvalue weighted by molar-refractivity contribution is 5.79. The number of anilines is 2. The van der Waals surface area contributed by atoms with Crippen molar-refractivity contribution in [2.75, 3.05) is 49.1 Å². The molecule has 6 nitrogen and oxygen atoms in total. The molecule has 0 spiro atoms. The monoisotopic (exact) mass is 379 g/mol. The van der Waals surface area contributed by atoms with E-state index in [1.165, 1.54) is 11.3 Å². The van der Waals surface area contributed by atoms with Gasteiger partial charge in [0.25, 0.3) is 0 Å². The van der Waals surface area contributed by atoms with Gasteiger partial charge in [0, 0.05) is 56.7 Å². The minimum atomic E-state index is 0.0952. The third-order valence-corrected chi connectivity index (χ3v) is 5.79. The van der Waals surface area contributed by atoms with Crippen molar-refractivity contribution in [2.45, 2.75) is 19.9 Å². The molecule has 6 heteroatoms. The lowest BCUT2D eigenvalue weighted by molar-refractivity contribution is -0.124. The van der Waals surface area contributed by atoms with Crippen LogP contribution >= 0.6 is 0 Å². The number of carbonyl (C=O) groups excluding carboxylic acids is 1. The van der Waals surface area contributed by atoms with Crippen LogP contribution in [0.25, 0.3) is 0 Å². The summed E-state index contributed by atoms with van der Waals surface area (Å²) in [6.45, 7) is 8.23. The fraction of sp³-hybridized carbons (Fsp3) is 0.455. The van der Waals surface area contributed by atoms with E-state index in [9.17, 15) is 4.79 Å². The molecule has 4 rings (SSSR count). The van der Waals surface area contributed by atoms with Gasteiger partial charge in [-0.1, -0.05) is 24.3 Å². The van der Waals surface area contributed by atoms with Gasteiger partial charge in [-0.05, 0) is 37.6 Å². The summed E-state index contributed by atoms with van der Waals surface area (Å²) in [6, 6.07) is 12.6. The second-order valence-corrected chi connectivity index (χ2v) is 7.65. The molecule has 1 amide bonds. The number of aryl methyl sites for hydroxylation is 1. The van der Waals surface area contributed by atoms with Crippen LogP contribution in [0.4, 0.5) is 11.5 Å². The topological polar surface area (TPSA) is 60.5 Å². The largest absolute Gasteiger partial charge is 0.368 e. The van der Waals surface area contributed by atoms with E-state index in [1.807, 2.05) is 12.3 Å². The fourth-order valence-corrected chi connectivity index (χ4v) is 4.14. The number of para-hydroxylation sites is 1. The molecule has 28 heavy (non-hydrogen) atoms. The molecule has 1 aromatic carbocycles. The Morgan fingerprint density at radius 2 is 1.93 bits per heavy atom. The molecule has 148 valence electrons. The molecule has 0 bridgehead atoms. The molecular weight excluding hydrogens is 350 g/mol. The Balaban J connectivity index is 1.38. The second-order valence-electron chi connectivity index (χ2n) is 7.65. The van der Waals surface area contributed by atoms with Gasteiger partial charge in [0.2, 0.25) is 5.91 Å². The van der Waals surface area contributed by atoms with Crippen LogP contribution in [0, 0.1) is 12.8 Å². The Kier molecular flexibility index (Phi) is 5.76. The molecule has 2 N–H and O–H groups in total. The van der Waals surface area contributed by atoms with Gasteiger partial charge in [0.15, 0.2) is 0 Å². The van der Waals surface area contributed by atoms with Crippen LogP contribution in [0.3, 0.4) is 0 Å². The van der Waals surface area contributed by atoms with Crippen LogP contribution in [0.2, 0.25) is 0 Å². The SMILES string of the molecule is Cc1ccccc1N1CCN(c2ncccc2CNC(=O)[C@@H]2CCNC2)CC1. The average Bonchev–Trinajstić information content (AvgIpc) is 3.28. The van der Waals surface area contributed by atoms with Gasteiger partial charge < -0.3 is 20.4 Å². The Bertz CT molecular complexity index is 810. The number of piperazine rings is 1. The van der Waals surface area contributed by atoms with E-state index in [2.05, 4.69) is 62.7 Å². The highest BCUT2D eigenvalue weighted by atomic mass is 16.1. The van der Waals surface area contributed by atoms with Gasteiger partial charge in [-0.25, -0.2) is 4.98 Å². The van der Waals surface area contributed by atoms with E-state index < -0.39 is 0 Å². The number of amides is 1. The van der Waals surface area contributed by atoms with Crippen LogP contribution < -0.4 is 20.4 Å². The molecule has 0 aliphatic carbocycles. The van der Waals surface area contributed by atoms with E-state index in [-0.39, 0.29) is 11.8 Å². The first-order chi connectivity index (χ1) is 13.7. The molecule has 2 aliphatic rings. The van der Waals surface area contributed by atoms with Crippen molar-refractivity contribution in [3.8, 4) is 0 Å². The third-order valence-electron chi connectivity index (χ3n) is 5.79. The predicted molar refractivity (Wildman–Crippen MR) is 113 cm³/mol. The lowest BCUT2D eigenvalue weighted by Crippen LogP contribution is -2.47. The van der Waals surface area contributed by atoms with E-state index in [1.54, 1.807) is 0 Å². The van der Waals surface area contributed by atoms with Crippen molar-refractivity contribution in [3.05, 3.63) is 53.7 Å². The first-order valence-electron chi connectivity index (χ1n) is 10.2.